The van der Waals surface area contributed by atoms with Crippen LogP contribution < -0.4 is 21.3 Å². The second-order valence-corrected chi connectivity index (χ2v) is 15.7. The third-order valence-electron chi connectivity index (χ3n) is 10.7. The maximum absolute atomic E-state index is 14.6. The largest absolute Gasteiger partial charge is 0.627 e. The first kappa shape index (κ1) is 42.5. The molecule has 0 spiro atoms. The van der Waals surface area contributed by atoms with E-state index < -0.39 is 78.4 Å². The standard InChI is InChI=1S/C37H57F3N6O6/c1-9-19-42-30(47)23(10-2)25(17-18-37(38,39)40)43-31(48)29-27-24(36(27,7)8)20-46(29)32(49)28(22-15-13-12-14-16-22)45-33(50)44-26(35(4,5)6)21-52-34(51)41-11-3/h9-10,22,24-29H,1-2,11-21H2,3-8H3,(H4-,41,42,43,44,45,47,48,50,51)/t24?,25?,26?,27-,28?,29?/m0/s1. The van der Waals surface area contributed by atoms with Gasteiger partial charge in [-0.05, 0) is 54.8 Å². The summed E-state index contributed by atoms with van der Waals surface area (Å²) in [6.07, 6.45) is -0.570. The summed E-state index contributed by atoms with van der Waals surface area (Å²) in [5, 5.41) is 14.8. The summed E-state index contributed by atoms with van der Waals surface area (Å²) in [5.74, 6) is -2.70. The van der Waals surface area contributed by atoms with E-state index in [1.54, 1.807) is 6.92 Å². The van der Waals surface area contributed by atoms with Gasteiger partial charge in [-0.15, -0.1) is 19.2 Å². The van der Waals surface area contributed by atoms with E-state index in [1.807, 2.05) is 34.6 Å². The molecule has 0 radical (unpaired) electrons. The van der Waals surface area contributed by atoms with Crippen molar-refractivity contribution in [1.82, 2.24) is 26.2 Å². The van der Waals surface area contributed by atoms with Crippen molar-refractivity contribution in [2.45, 2.75) is 117 Å². The minimum absolute atomic E-state index is 0.0505. The number of carbonyl (C=O) groups excluding carboxylic acids is 5. The lowest BCUT2D eigenvalue weighted by Gasteiger charge is -2.38. The number of urea groups is 1. The van der Waals surface area contributed by atoms with E-state index in [0.29, 0.717) is 19.4 Å². The molecule has 3 aliphatic rings. The van der Waals surface area contributed by atoms with Gasteiger partial charge in [-0.1, -0.05) is 53.9 Å². The Labute approximate surface area is 305 Å². The Kier molecular flexibility index (Phi) is 14.5. The van der Waals surface area contributed by atoms with Gasteiger partial charge < -0.3 is 36.2 Å². The van der Waals surface area contributed by atoms with Crippen molar-refractivity contribution in [2.75, 3.05) is 26.2 Å². The van der Waals surface area contributed by atoms with Crippen LogP contribution >= 0.6 is 0 Å². The number of alkyl halides is 3. The molecule has 0 bridgehead atoms. The number of carbonyl (C=O) groups is 5. The fourth-order valence-electron chi connectivity index (χ4n) is 7.53. The normalized spacial score (nSPS) is 22.8. The molecule has 2 saturated carbocycles. The number of amides is 6. The molecule has 1 aliphatic heterocycles. The molecule has 0 aromatic heterocycles. The summed E-state index contributed by atoms with van der Waals surface area (Å²) < 4.78 is 45.5. The minimum Gasteiger partial charge on any atom is -0.627 e. The Balaban J connectivity index is 1.89. The Morgan fingerprint density at radius 3 is 2.25 bits per heavy atom. The number of likely N-dealkylation sites (tertiary alicyclic amines) is 1. The van der Waals surface area contributed by atoms with Crippen LogP contribution in [-0.2, 0) is 19.1 Å². The van der Waals surface area contributed by atoms with Gasteiger partial charge in [0, 0.05) is 26.1 Å². The molecule has 12 nitrogen and oxygen atoms in total. The molecule has 292 valence electrons. The molecule has 3 rings (SSSR count). The highest BCUT2D eigenvalue weighted by molar-refractivity contribution is 6.04. The summed E-state index contributed by atoms with van der Waals surface area (Å²) >= 11 is 0. The van der Waals surface area contributed by atoms with Gasteiger partial charge in [0.15, 0.2) is 5.91 Å². The van der Waals surface area contributed by atoms with Crippen LogP contribution in [0.2, 0.25) is 0 Å². The summed E-state index contributed by atoms with van der Waals surface area (Å²) in [4.78, 5) is 68.7. The van der Waals surface area contributed by atoms with Crippen LogP contribution in [-0.4, -0.2) is 91.3 Å². The predicted octanol–water partition coefficient (Wildman–Crippen LogP) is 5.55. The summed E-state index contributed by atoms with van der Waals surface area (Å²) in [7, 11) is 0. The number of ether oxygens (including phenoxy) is 1. The zero-order chi connectivity index (χ0) is 39.0. The fraction of sp³-hybridized carbons (Fsp3) is 0.730. The number of halogens is 3. The van der Waals surface area contributed by atoms with Crippen molar-refractivity contribution in [3.63, 3.8) is 0 Å². The van der Waals surface area contributed by atoms with Gasteiger partial charge in [0.2, 0.25) is 11.8 Å². The average Bonchev–Trinajstić information content (AvgIpc) is 3.37. The first-order valence-corrected chi connectivity index (χ1v) is 18.2. The van der Waals surface area contributed by atoms with Crippen molar-refractivity contribution in [2.24, 2.45) is 28.6 Å². The average molecular weight is 739 g/mol. The molecule has 0 aromatic rings. The van der Waals surface area contributed by atoms with Crippen LogP contribution in [0.25, 0.3) is 5.32 Å². The predicted molar refractivity (Wildman–Crippen MR) is 191 cm³/mol. The maximum Gasteiger partial charge on any atom is 0.407 e. The number of piperidine rings is 1. The molecular weight excluding hydrogens is 681 g/mol. The molecule has 6 amide bonds. The number of hydrogen-bond donors (Lipinski definition) is 4. The zero-order valence-corrected chi connectivity index (χ0v) is 31.4. The quantitative estimate of drug-likeness (QED) is 0.120. The Morgan fingerprint density at radius 2 is 1.69 bits per heavy atom. The van der Waals surface area contributed by atoms with Gasteiger partial charge in [0.25, 0.3) is 0 Å². The second kappa shape index (κ2) is 17.7. The third-order valence-corrected chi connectivity index (χ3v) is 10.7. The molecule has 4 N–H and O–H groups in total. The molecule has 3 fully saturated rings. The molecule has 2 aliphatic carbocycles. The van der Waals surface area contributed by atoms with Gasteiger partial charge in [-0.2, -0.15) is 13.2 Å². The van der Waals surface area contributed by atoms with Crippen molar-refractivity contribution >= 4 is 29.8 Å². The van der Waals surface area contributed by atoms with Crippen LogP contribution in [0.15, 0.2) is 25.3 Å². The third kappa shape index (κ3) is 11.0. The first-order chi connectivity index (χ1) is 24.3. The lowest BCUT2D eigenvalue weighted by molar-refractivity contribution is -0.144. The highest BCUT2D eigenvalue weighted by atomic mass is 19.4. The summed E-state index contributed by atoms with van der Waals surface area (Å²) in [5.41, 5.74) is -0.848. The van der Waals surface area contributed by atoms with E-state index in [4.69, 9.17) is 4.74 Å². The molecule has 6 atom stereocenters. The van der Waals surface area contributed by atoms with Gasteiger partial charge in [0.1, 0.15) is 30.7 Å². The molecule has 1 saturated heterocycles. The van der Waals surface area contributed by atoms with Crippen LogP contribution in [0.1, 0.15) is 86.5 Å². The Bertz CT molecular complexity index is 1310. The minimum atomic E-state index is -4.56. The van der Waals surface area contributed by atoms with Crippen molar-refractivity contribution in [3.8, 4) is 0 Å². The number of alkyl carbamates (subject to hydrolysis) is 1. The lowest BCUT2D eigenvalue weighted by Crippen LogP contribution is -2.61. The SMILES string of the molecule is C=CC[N-]C(=O)[C+](C=C)C(CCC(F)(F)F)NC(=O)C1[C@@H]2C(CN1C(=O)C(NC(=O)NC(COC(=O)NCC)C(C)(C)C)C1CCCCC1)C2(C)C. The topological polar surface area (TPSA) is 160 Å². The van der Waals surface area contributed by atoms with Gasteiger partial charge in [0.05, 0.1) is 12.1 Å². The van der Waals surface area contributed by atoms with Crippen LogP contribution in [0, 0.1) is 34.5 Å². The molecular formula is C37H57F3N6O6. The smallest absolute Gasteiger partial charge is 0.407 e. The molecule has 5 unspecified atom stereocenters. The zero-order valence-electron chi connectivity index (χ0n) is 31.4. The van der Waals surface area contributed by atoms with E-state index in [2.05, 4.69) is 39.7 Å². The fourth-order valence-corrected chi connectivity index (χ4v) is 7.53. The number of nitrogens with zero attached hydrogens (tertiary/aromatic N) is 2. The van der Waals surface area contributed by atoms with Crippen LogP contribution in [0.4, 0.5) is 22.8 Å². The monoisotopic (exact) mass is 738 g/mol. The summed E-state index contributed by atoms with van der Waals surface area (Å²) in [6.45, 7) is 18.9. The molecule has 0 aromatic carbocycles. The number of hydrogen-bond acceptors (Lipinski definition) is 6. The Morgan fingerprint density at radius 1 is 1.04 bits per heavy atom. The highest BCUT2D eigenvalue weighted by Gasteiger charge is 2.70. The van der Waals surface area contributed by atoms with Crippen molar-refractivity contribution in [3.05, 3.63) is 36.5 Å². The number of rotatable bonds is 16. The van der Waals surface area contributed by atoms with Gasteiger partial charge in [-0.25, -0.2) is 9.59 Å². The molecule has 15 heteroatoms. The van der Waals surface area contributed by atoms with E-state index in [0.717, 1.165) is 25.3 Å². The van der Waals surface area contributed by atoms with E-state index >= 15 is 0 Å². The van der Waals surface area contributed by atoms with Crippen molar-refractivity contribution in [1.29, 1.82) is 0 Å². The van der Waals surface area contributed by atoms with Gasteiger partial charge >= 0.3 is 18.3 Å². The maximum atomic E-state index is 14.6. The van der Waals surface area contributed by atoms with Crippen LogP contribution in [0.3, 0.4) is 0 Å². The summed E-state index contributed by atoms with van der Waals surface area (Å²) in [6, 6.07) is -4.64. The number of nitrogens with one attached hydrogen (secondary N) is 4. The molecule has 1 heterocycles. The van der Waals surface area contributed by atoms with E-state index in [1.165, 1.54) is 11.0 Å². The van der Waals surface area contributed by atoms with Gasteiger partial charge in [-0.3, -0.25) is 14.4 Å². The van der Waals surface area contributed by atoms with E-state index in [9.17, 15) is 37.1 Å². The number of fused-ring (bicyclic) bond motifs is 1. The Hall–Kier alpha value is -3.91. The highest BCUT2D eigenvalue weighted by Crippen LogP contribution is 2.65. The first-order valence-electron chi connectivity index (χ1n) is 18.2. The lowest BCUT2D eigenvalue weighted by atomic mass is 9.83. The second-order valence-electron chi connectivity index (χ2n) is 15.7. The van der Waals surface area contributed by atoms with Crippen molar-refractivity contribution < 1.29 is 41.9 Å². The molecule has 52 heavy (non-hydrogen) atoms. The van der Waals surface area contributed by atoms with E-state index in [-0.39, 0.29) is 48.8 Å². The van der Waals surface area contributed by atoms with Crippen LogP contribution in [0.5, 0.6) is 0 Å².